The SMILES string of the molecule is C/C=C/CCC1CCC(C2CCC(OC)CC2)CC1. The first-order chi connectivity index (χ1) is 9.33. The maximum absolute atomic E-state index is 5.49. The molecule has 110 valence electrons. The van der Waals surface area contributed by atoms with E-state index in [4.69, 9.17) is 4.74 Å². The fraction of sp³-hybridized carbons (Fsp3) is 0.889. The summed E-state index contributed by atoms with van der Waals surface area (Å²) in [6.07, 6.45) is 19.3. The fourth-order valence-electron chi connectivity index (χ4n) is 4.24. The molecule has 1 nitrogen and oxygen atoms in total. The van der Waals surface area contributed by atoms with Crippen molar-refractivity contribution in [1.82, 2.24) is 0 Å². The minimum Gasteiger partial charge on any atom is -0.381 e. The first kappa shape index (κ1) is 15.1. The standard InChI is InChI=1S/C18H32O/c1-3-4-5-6-15-7-9-16(10-8-15)17-11-13-18(19-2)14-12-17/h3-4,15-18H,5-14H2,1-2H3/b4-3+. The first-order valence-corrected chi connectivity index (χ1v) is 8.47. The molecule has 0 radical (unpaired) electrons. The molecule has 0 aliphatic heterocycles. The molecule has 19 heavy (non-hydrogen) atoms. The third-order valence-corrected chi connectivity index (χ3v) is 5.59. The Morgan fingerprint density at radius 3 is 2.00 bits per heavy atom. The van der Waals surface area contributed by atoms with Crippen LogP contribution in [-0.4, -0.2) is 13.2 Å². The van der Waals surface area contributed by atoms with Crippen LogP contribution in [0.15, 0.2) is 12.2 Å². The zero-order valence-corrected chi connectivity index (χ0v) is 12.9. The van der Waals surface area contributed by atoms with Gasteiger partial charge in [0.2, 0.25) is 0 Å². The normalized spacial score (nSPS) is 36.7. The van der Waals surface area contributed by atoms with E-state index in [1.165, 1.54) is 64.2 Å². The van der Waals surface area contributed by atoms with Crippen LogP contribution in [0.3, 0.4) is 0 Å². The van der Waals surface area contributed by atoms with Crippen molar-refractivity contribution >= 4 is 0 Å². The number of hydrogen-bond acceptors (Lipinski definition) is 1. The summed E-state index contributed by atoms with van der Waals surface area (Å²) in [7, 11) is 1.88. The molecule has 2 aliphatic rings. The second-order valence-corrected chi connectivity index (χ2v) is 6.70. The van der Waals surface area contributed by atoms with Crippen LogP contribution in [-0.2, 0) is 4.74 Å². The van der Waals surface area contributed by atoms with Gasteiger partial charge >= 0.3 is 0 Å². The highest BCUT2D eigenvalue weighted by molar-refractivity contribution is 4.84. The molecule has 2 saturated carbocycles. The van der Waals surface area contributed by atoms with E-state index in [0.29, 0.717) is 6.10 Å². The van der Waals surface area contributed by atoms with Crippen molar-refractivity contribution in [3.8, 4) is 0 Å². The monoisotopic (exact) mass is 264 g/mol. The number of ether oxygens (including phenoxy) is 1. The van der Waals surface area contributed by atoms with Crippen molar-refractivity contribution in [3.05, 3.63) is 12.2 Å². The molecule has 0 atom stereocenters. The molecule has 0 spiro atoms. The van der Waals surface area contributed by atoms with E-state index < -0.39 is 0 Å². The molecular formula is C18H32O. The molecule has 0 bridgehead atoms. The van der Waals surface area contributed by atoms with Crippen LogP contribution < -0.4 is 0 Å². The Morgan fingerprint density at radius 1 is 0.895 bits per heavy atom. The fourth-order valence-corrected chi connectivity index (χ4v) is 4.24. The van der Waals surface area contributed by atoms with Gasteiger partial charge in [-0.05, 0) is 76.0 Å². The van der Waals surface area contributed by atoms with Gasteiger partial charge in [-0.3, -0.25) is 0 Å². The lowest BCUT2D eigenvalue weighted by Gasteiger charge is -2.37. The summed E-state index contributed by atoms with van der Waals surface area (Å²) in [6.45, 7) is 2.13. The molecule has 0 aromatic rings. The molecule has 0 aromatic carbocycles. The van der Waals surface area contributed by atoms with E-state index in [-0.39, 0.29) is 0 Å². The third kappa shape index (κ3) is 4.63. The Kier molecular flexibility index (Phi) is 6.43. The zero-order valence-electron chi connectivity index (χ0n) is 12.9. The maximum atomic E-state index is 5.49. The zero-order chi connectivity index (χ0) is 13.5. The van der Waals surface area contributed by atoms with Crippen molar-refractivity contribution in [3.63, 3.8) is 0 Å². The van der Waals surface area contributed by atoms with Gasteiger partial charge < -0.3 is 4.74 Å². The summed E-state index contributed by atoms with van der Waals surface area (Å²) in [4.78, 5) is 0. The molecule has 0 heterocycles. The minimum atomic E-state index is 0.563. The van der Waals surface area contributed by atoms with Crippen LogP contribution in [0.4, 0.5) is 0 Å². The Morgan fingerprint density at radius 2 is 1.47 bits per heavy atom. The van der Waals surface area contributed by atoms with E-state index in [1.54, 1.807) is 0 Å². The van der Waals surface area contributed by atoms with E-state index >= 15 is 0 Å². The van der Waals surface area contributed by atoms with E-state index in [9.17, 15) is 0 Å². The van der Waals surface area contributed by atoms with Gasteiger partial charge in [0.1, 0.15) is 0 Å². The average Bonchev–Trinajstić information content (AvgIpc) is 2.48. The predicted octanol–water partition coefficient (Wildman–Crippen LogP) is 5.35. The Bertz CT molecular complexity index is 255. The summed E-state index contributed by atoms with van der Waals surface area (Å²) in [5.74, 6) is 3.07. The van der Waals surface area contributed by atoms with Gasteiger partial charge in [0.15, 0.2) is 0 Å². The van der Waals surface area contributed by atoms with Crippen LogP contribution in [0, 0.1) is 17.8 Å². The predicted molar refractivity (Wildman–Crippen MR) is 82.3 cm³/mol. The Balaban J connectivity index is 1.66. The van der Waals surface area contributed by atoms with Crippen LogP contribution >= 0.6 is 0 Å². The quantitative estimate of drug-likeness (QED) is 0.608. The van der Waals surface area contributed by atoms with Crippen molar-refractivity contribution in [2.45, 2.75) is 77.2 Å². The van der Waals surface area contributed by atoms with Gasteiger partial charge in [-0.25, -0.2) is 0 Å². The van der Waals surface area contributed by atoms with Crippen molar-refractivity contribution in [2.75, 3.05) is 7.11 Å². The first-order valence-electron chi connectivity index (χ1n) is 8.47. The van der Waals surface area contributed by atoms with Crippen molar-refractivity contribution in [1.29, 1.82) is 0 Å². The van der Waals surface area contributed by atoms with Gasteiger partial charge in [0.05, 0.1) is 6.10 Å². The number of allylic oxidation sites excluding steroid dienone is 2. The maximum Gasteiger partial charge on any atom is 0.0571 e. The molecule has 0 N–H and O–H groups in total. The van der Waals surface area contributed by atoms with E-state index in [1.807, 2.05) is 7.11 Å². The molecule has 0 aromatic heterocycles. The number of rotatable bonds is 5. The van der Waals surface area contributed by atoms with Crippen LogP contribution in [0.25, 0.3) is 0 Å². The lowest BCUT2D eigenvalue weighted by Crippen LogP contribution is -2.28. The van der Waals surface area contributed by atoms with Crippen molar-refractivity contribution < 1.29 is 4.74 Å². The molecular weight excluding hydrogens is 232 g/mol. The summed E-state index contributed by atoms with van der Waals surface area (Å²) in [5, 5.41) is 0. The molecule has 2 aliphatic carbocycles. The lowest BCUT2D eigenvalue weighted by molar-refractivity contribution is 0.0392. The Hall–Kier alpha value is -0.300. The summed E-state index contributed by atoms with van der Waals surface area (Å²) in [5.41, 5.74) is 0. The summed E-state index contributed by atoms with van der Waals surface area (Å²) < 4.78 is 5.49. The lowest BCUT2D eigenvalue weighted by atomic mass is 9.70. The molecule has 0 amide bonds. The number of methoxy groups -OCH3 is 1. The van der Waals surface area contributed by atoms with Gasteiger partial charge in [-0.2, -0.15) is 0 Å². The minimum absolute atomic E-state index is 0.563. The molecule has 1 heteroatoms. The smallest absolute Gasteiger partial charge is 0.0571 e. The molecule has 2 fully saturated rings. The van der Waals surface area contributed by atoms with Gasteiger partial charge in [0.25, 0.3) is 0 Å². The van der Waals surface area contributed by atoms with Gasteiger partial charge in [-0.1, -0.05) is 25.0 Å². The van der Waals surface area contributed by atoms with Crippen molar-refractivity contribution in [2.24, 2.45) is 17.8 Å². The largest absolute Gasteiger partial charge is 0.381 e. The van der Waals surface area contributed by atoms with Crippen LogP contribution in [0.5, 0.6) is 0 Å². The van der Waals surface area contributed by atoms with E-state index in [0.717, 1.165) is 17.8 Å². The highest BCUT2D eigenvalue weighted by atomic mass is 16.5. The second kappa shape index (κ2) is 8.09. The van der Waals surface area contributed by atoms with Gasteiger partial charge in [-0.15, -0.1) is 0 Å². The van der Waals surface area contributed by atoms with E-state index in [2.05, 4.69) is 19.1 Å². The summed E-state index contributed by atoms with van der Waals surface area (Å²) in [6, 6.07) is 0. The molecule has 2 rings (SSSR count). The topological polar surface area (TPSA) is 9.23 Å². The second-order valence-electron chi connectivity index (χ2n) is 6.70. The highest BCUT2D eigenvalue weighted by Crippen LogP contribution is 2.41. The average molecular weight is 264 g/mol. The molecule has 0 saturated heterocycles. The van der Waals surface area contributed by atoms with Crippen LogP contribution in [0.2, 0.25) is 0 Å². The summed E-state index contributed by atoms with van der Waals surface area (Å²) >= 11 is 0. The Labute approximate surface area is 119 Å². The highest BCUT2D eigenvalue weighted by Gasteiger charge is 2.30. The van der Waals surface area contributed by atoms with Gasteiger partial charge in [0, 0.05) is 7.11 Å². The molecule has 0 unspecified atom stereocenters. The third-order valence-electron chi connectivity index (χ3n) is 5.59. The number of hydrogen-bond donors (Lipinski definition) is 0. The van der Waals surface area contributed by atoms with Crippen LogP contribution in [0.1, 0.15) is 71.1 Å².